The molecule has 0 spiro atoms. The maximum absolute atomic E-state index is 12.5. The van der Waals surface area contributed by atoms with Crippen LogP contribution in [-0.4, -0.2) is 23.4 Å². The van der Waals surface area contributed by atoms with E-state index in [1.54, 1.807) is 18.2 Å². The second-order valence-electron chi connectivity index (χ2n) is 5.14. The van der Waals surface area contributed by atoms with E-state index >= 15 is 0 Å². The van der Waals surface area contributed by atoms with Crippen LogP contribution < -0.4 is 0 Å². The molecule has 18 heavy (non-hydrogen) atoms. The molecule has 1 saturated heterocycles. The molecule has 1 heterocycles. The SMILES string of the molecule is CC1CCN(C(=O)c2cc(S)ccc2Cl)C(C)C1. The summed E-state index contributed by atoms with van der Waals surface area (Å²) in [6, 6.07) is 5.55. The predicted octanol–water partition coefficient (Wildman–Crippen LogP) is 3.89. The largest absolute Gasteiger partial charge is 0.336 e. The number of nitrogens with zero attached hydrogens (tertiary/aromatic N) is 1. The summed E-state index contributed by atoms with van der Waals surface area (Å²) in [6.45, 7) is 5.15. The molecule has 2 nitrogen and oxygen atoms in total. The molecule has 2 atom stereocenters. The minimum absolute atomic E-state index is 0.0234. The van der Waals surface area contributed by atoms with Gasteiger partial charge in [-0.15, -0.1) is 12.6 Å². The van der Waals surface area contributed by atoms with Gasteiger partial charge in [0.15, 0.2) is 0 Å². The zero-order valence-corrected chi connectivity index (χ0v) is 12.3. The van der Waals surface area contributed by atoms with Crippen molar-refractivity contribution >= 4 is 30.1 Å². The lowest BCUT2D eigenvalue weighted by molar-refractivity contribution is 0.0588. The van der Waals surface area contributed by atoms with Crippen molar-refractivity contribution in [3.05, 3.63) is 28.8 Å². The number of piperidine rings is 1. The summed E-state index contributed by atoms with van der Waals surface area (Å²) < 4.78 is 0. The fourth-order valence-corrected chi connectivity index (χ4v) is 2.94. The minimum Gasteiger partial charge on any atom is -0.336 e. The molecule has 1 aliphatic rings. The van der Waals surface area contributed by atoms with Gasteiger partial charge in [-0.05, 0) is 43.9 Å². The zero-order valence-electron chi connectivity index (χ0n) is 10.7. The third kappa shape index (κ3) is 2.83. The van der Waals surface area contributed by atoms with Crippen LogP contribution >= 0.6 is 24.2 Å². The van der Waals surface area contributed by atoms with Crippen LogP contribution in [0.2, 0.25) is 5.02 Å². The molecule has 98 valence electrons. The van der Waals surface area contributed by atoms with Crippen LogP contribution in [0.3, 0.4) is 0 Å². The fraction of sp³-hybridized carbons (Fsp3) is 0.500. The number of benzene rings is 1. The number of amides is 1. The average Bonchev–Trinajstić information content (AvgIpc) is 2.31. The number of carbonyl (C=O) groups excluding carboxylic acids is 1. The van der Waals surface area contributed by atoms with Gasteiger partial charge in [0.25, 0.3) is 5.91 Å². The van der Waals surface area contributed by atoms with Gasteiger partial charge in [0.05, 0.1) is 10.6 Å². The molecule has 0 bridgehead atoms. The molecule has 2 rings (SSSR count). The molecule has 0 saturated carbocycles. The highest BCUT2D eigenvalue weighted by Gasteiger charge is 2.28. The summed E-state index contributed by atoms with van der Waals surface area (Å²) in [7, 11) is 0. The Morgan fingerprint density at radius 3 is 2.83 bits per heavy atom. The van der Waals surface area contributed by atoms with E-state index < -0.39 is 0 Å². The lowest BCUT2D eigenvalue weighted by Crippen LogP contribution is -2.44. The van der Waals surface area contributed by atoms with Crippen molar-refractivity contribution < 1.29 is 4.79 Å². The summed E-state index contributed by atoms with van der Waals surface area (Å²) in [5, 5.41) is 0.503. The van der Waals surface area contributed by atoms with Crippen LogP contribution in [0, 0.1) is 5.92 Å². The van der Waals surface area contributed by atoms with E-state index in [4.69, 9.17) is 11.6 Å². The van der Waals surface area contributed by atoms with Crippen molar-refractivity contribution in [3.8, 4) is 0 Å². The van der Waals surface area contributed by atoms with Gasteiger partial charge in [0.2, 0.25) is 0 Å². The Morgan fingerprint density at radius 2 is 2.17 bits per heavy atom. The Morgan fingerprint density at radius 1 is 1.44 bits per heavy atom. The number of hydrogen-bond acceptors (Lipinski definition) is 2. The highest BCUT2D eigenvalue weighted by Crippen LogP contribution is 2.27. The van der Waals surface area contributed by atoms with E-state index in [0.29, 0.717) is 16.5 Å². The van der Waals surface area contributed by atoms with Gasteiger partial charge in [-0.2, -0.15) is 0 Å². The quantitative estimate of drug-likeness (QED) is 0.776. The molecule has 0 aromatic heterocycles. The van der Waals surface area contributed by atoms with Gasteiger partial charge in [0, 0.05) is 17.5 Å². The molecule has 1 amide bonds. The lowest BCUT2D eigenvalue weighted by Gasteiger charge is -2.36. The molecular weight excluding hydrogens is 266 g/mol. The topological polar surface area (TPSA) is 20.3 Å². The Balaban J connectivity index is 2.23. The van der Waals surface area contributed by atoms with Gasteiger partial charge in [-0.25, -0.2) is 0 Å². The Labute approximate surface area is 119 Å². The van der Waals surface area contributed by atoms with Crippen LogP contribution in [0.15, 0.2) is 23.1 Å². The van der Waals surface area contributed by atoms with E-state index in [0.717, 1.165) is 24.3 Å². The first-order valence-corrected chi connectivity index (χ1v) is 7.11. The first-order chi connectivity index (χ1) is 8.49. The van der Waals surface area contributed by atoms with Crippen molar-refractivity contribution in [1.29, 1.82) is 0 Å². The second kappa shape index (κ2) is 5.54. The highest BCUT2D eigenvalue weighted by molar-refractivity contribution is 7.80. The number of rotatable bonds is 1. The maximum atomic E-state index is 12.5. The second-order valence-corrected chi connectivity index (χ2v) is 6.06. The smallest absolute Gasteiger partial charge is 0.255 e. The van der Waals surface area contributed by atoms with Crippen molar-refractivity contribution in [1.82, 2.24) is 4.90 Å². The Kier molecular flexibility index (Phi) is 4.23. The van der Waals surface area contributed by atoms with Crippen molar-refractivity contribution in [2.45, 2.75) is 37.6 Å². The molecule has 0 radical (unpaired) electrons. The van der Waals surface area contributed by atoms with Crippen LogP contribution in [0.5, 0.6) is 0 Å². The molecular formula is C14H18ClNOS. The van der Waals surface area contributed by atoms with Crippen LogP contribution in [0.4, 0.5) is 0 Å². The van der Waals surface area contributed by atoms with Gasteiger partial charge < -0.3 is 4.90 Å². The molecule has 4 heteroatoms. The highest BCUT2D eigenvalue weighted by atomic mass is 35.5. The van der Waals surface area contributed by atoms with E-state index in [9.17, 15) is 4.79 Å². The standard InChI is InChI=1S/C14H18ClNOS/c1-9-5-6-16(10(2)7-9)14(17)12-8-11(18)3-4-13(12)15/h3-4,8-10,18H,5-7H2,1-2H3. The summed E-state index contributed by atoms with van der Waals surface area (Å²) in [5.74, 6) is 0.714. The molecule has 1 aromatic rings. The molecule has 1 aliphatic heterocycles. The molecule has 0 aliphatic carbocycles. The van der Waals surface area contributed by atoms with Crippen molar-refractivity contribution in [2.24, 2.45) is 5.92 Å². The van der Waals surface area contributed by atoms with Gasteiger partial charge in [-0.3, -0.25) is 4.79 Å². The van der Waals surface area contributed by atoms with Crippen LogP contribution in [-0.2, 0) is 0 Å². The van der Waals surface area contributed by atoms with Gasteiger partial charge in [-0.1, -0.05) is 18.5 Å². The minimum atomic E-state index is 0.0234. The number of likely N-dealkylation sites (tertiary alicyclic amines) is 1. The number of hydrogen-bond donors (Lipinski definition) is 1. The van der Waals surface area contributed by atoms with Gasteiger partial charge in [0.1, 0.15) is 0 Å². The number of thiol groups is 1. The summed E-state index contributed by atoms with van der Waals surface area (Å²) >= 11 is 10.4. The van der Waals surface area contributed by atoms with Crippen LogP contribution in [0.1, 0.15) is 37.0 Å². The van der Waals surface area contributed by atoms with Gasteiger partial charge >= 0.3 is 0 Å². The molecule has 2 unspecified atom stereocenters. The predicted molar refractivity (Wildman–Crippen MR) is 77.6 cm³/mol. The molecule has 1 fully saturated rings. The number of halogens is 1. The first kappa shape index (κ1) is 13.8. The summed E-state index contributed by atoms with van der Waals surface area (Å²) in [5.41, 5.74) is 0.561. The third-order valence-electron chi connectivity index (χ3n) is 3.58. The van der Waals surface area contributed by atoms with Crippen molar-refractivity contribution in [2.75, 3.05) is 6.54 Å². The Bertz CT molecular complexity index is 463. The molecule has 0 N–H and O–H groups in total. The lowest BCUT2D eigenvalue weighted by atomic mass is 9.93. The molecule has 1 aromatic carbocycles. The number of carbonyl (C=O) groups is 1. The fourth-order valence-electron chi connectivity index (χ4n) is 2.54. The summed E-state index contributed by atoms with van der Waals surface area (Å²) in [6.07, 6.45) is 2.12. The normalized spacial score (nSPS) is 24.1. The van der Waals surface area contributed by atoms with E-state index in [2.05, 4.69) is 26.5 Å². The van der Waals surface area contributed by atoms with E-state index in [1.807, 2.05) is 4.90 Å². The van der Waals surface area contributed by atoms with Crippen LogP contribution in [0.25, 0.3) is 0 Å². The van der Waals surface area contributed by atoms with Crippen molar-refractivity contribution in [3.63, 3.8) is 0 Å². The Hall–Kier alpha value is -0.670. The van der Waals surface area contributed by atoms with E-state index in [-0.39, 0.29) is 11.9 Å². The average molecular weight is 284 g/mol. The third-order valence-corrected chi connectivity index (χ3v) is 4.19. The zero-order chi connectivity index (χ0) is 13.3. The first-order valence-electron chi connectivity index (χ1n) is 6.28. The maximum Gasteiger partial charge on any atom is 0.255 e. The van der Waals surface area contributed by atoms with E-state index in [1.165, 1.54) is 0 Å². The monoisotopic (exact) mass is 283 g/mol. The summed E-state index contributed by atoms with van der Waals surface area (Å²) in [4.78, 5) is 15.2.